The zero-order valence-corrected chi connectivity index (χ0v) is 12.6. The van der Waals surface area contributed by atoms with Gasteiger partial charge in [0.15, 0.2) is 0 Å². The maximum absolute atomic E-state index is 11.0. The molecule has 2 rings (SSSR count). The van der Waals surface area contributed by atoms with E-state index < -0.39 is 0 Å². The van der Waals surface area contributed by atoms with E-state index in [1.54, 1.807) is 0 Å². The third-order valence-corrected chi connectivity index (χ3v) is 2.98. The second-order valence-electron chi connectivity index (χ2n) is 5.03. The van der Waals surface area contributed by atoms with Crippen LogP contribution in [0.3, 0.4) is 0 Å². The van der Waals surface area contributed by atoms with Gasteiger partial charge in [-0.15, -0.1) is 0 Å². The van der Waals surface area contributed by atoms with Crippen LogP contribution in [0.2, 0.25) is 0 Å². The molecular formula is C16H20N4O. The second-order valence-corrected chi connectivity index (χ2v) is 5.03. The first-order valence-electron chi connectivity index (χ1n) is 6.78. The molecule has 0 aliphatic rings. The molecule has 0 atom stereocenters. The van der Waals surface area contributed by atoms with Crippen LogP contribution in [0, 0.1) is 0 Å². The van der Waals surface area contributed by atoms with Crippen molar-refractivity contribution in [3.63, 3.8) is 0 Å². The molecule has 5 nitrogen and oxygen atoms in total. The van der Waals surface area contributed by atoms with Crippen LogP contribution in [0.5, 0.6) is 0 Å². The second kappa shape index (κ2) is 6.74. The lowest BCUT2D eigenvalue weighted by molar-refractivity contribution is -0.114. The molecule has 1 aromatic carbocycles. The molecule has 110 valence electrons. The highest BCUT2D eigenvalue weighted by molar-refractivity contribution is 5.88. The Morgan fingerprint density at radius 2 is 1.76 bits per heavy atom. The van der Waals surface area contributed by atoms with Crippen LogP contribution < -0.4 is 15.5 Å². The van der Waals surface area contributed by atoms with Gasteiger partial charge in [0, 0.05) is 33.3 Å². The van der Waals surface area contributed by atoms with Crippen molar-refractivity contribution in [2.45, 2.75) is 13.5 Å². The Balaban J connectivity index is 1.91. The highest BCUT2D eigenvalue weighted by Gasteiger charge is 1.99. The van der Waals surface area contributed by atoms with Crippen LogP contribution in [0.15, 0.2) is 42.6 Å². The van der Waals surface area contributed by atoms with E-state index in [4.69, 9.17) is 0 Å². The molecule has 0 spiro atoms. The average molecular weight is 284 g/mol. The number of carbonyl (C=O) groups excluding carboxylic acids is 1. The third-order valence-electron chi connectivity index (χ3n) is 2.98. The molecule has 0 radical (unpaired) electrons. The molecule has 0 fully saturated rings. The lowest BCUT2D eigenvalue weighted by Crippen LogP contribution is -2.10. The Bertz CT molecular complexity index is 591. The highest BCUT2D eigenvalue weighted by atomic mass is 16.1. The Kier molecular flexibility index (Phi) is 4.77. The van der Waals surface area contributed by atoms with Crippen molar-refractivity contribution in [1.29, 1.82) is 0 Å². The predicted molar refractivity (Wildman–Crippen MR) is 86.6 cm³/mol. The molecule has 0 aliphatic carbocycles. The average Bonchev–Trinajstić information content (AvgIpc) is 2.46. The molecule has 1 heterocycles. The molecule has 21 heavy (non-hydrogen) atoms. The molecule has 2 N–H and O–H groups in total. The van der Waals surface area contributed by atoms with Crippen molar-refractivity contribution in [3.05, 3.63) is 48.2 Å². The standard InChI is InChI=1S/C16H20N4O/c1-12(21)19-14-6-4-13(5-7-14)10-17-15-8-9-16(18-11-15)20(2)3/h4-9,11,17H,10H2,1-3H3,(H,19,21). The number of carbonyl (C=O) groups is 1. The first kappa shape index (κ1) is 14.8. The van der Waals surface area contributed by atoms with Crippen LogP contribution >= 0.6 is 0 Å². The lowest BCUT2D eigenvalue weighted by atomic mass is 10.2. The summed E-state index contributed by atoms with van der Waals surface area (Å²) in [5, 5.41) is 6.07. The van der Waals surface area contributed by atoms with Gasteiger partial charge in [0.05, 0.1) is 11.9 Å². The van der Waals surface area contributed by atoms with Crippen LogP contribution in [-0.4, -0.2) is 25.0 Å². The summed E-state index contributed by atoms with van der Waals surface area (Å²) in [4.78, 5) is 17.3. The molecule has 0 bridgehead atoms. The lowest BCUT2D eigenvalue weighted by Gasteiger charge is -2.12. The molecule has 0 saturated heterocycles. The van der Waals surface area contributed by atoms with E-state index in [9.17, 15) is 4.79 Å². The zero-order valence-electron chi connectivity index (χ0n) is 12.6. The number of aromatic nitrogens is 1. The molecule has 2 aromatic rings. The molecule has 5 heteroatoms. The van der Waals surface area contributed by atoms with E-state index in [1.165, 1.54) is 6.92 Å². The number of pyridine rings is 1. The Hall–Kier alpha value is -2.56. The van der Waals surface area contributed by atoms with E-state index in [2.05, 4.69) is 15.6 Å². The Morgan fingerprint density at radius 3 is 2.29 bits per heavy atom. The van der Waals surface area contributed by atoms with Gasteiger partial charge in [0.2, 0.25) is 5.91 Å². The van der Waals surface area contributed by atoms with Crippen LogP contribution in [0.1, 0.15) is 12.5 Å². The number of rotatable bonds is 5. The van der Waals surface area contributed by atoms with E-state index in [0.29, 0.717) is 6.54 Å². The van der Waals surface area contributed by atoms with E-state index in [1.807, 2.05) is 61.6 Å². The highest BCUT2D eigenvalue weighted by Crippen LogP contribution is 2.14. The van der Waals surface area contributed by atoms with Crippen LogP contribution in [-0.2, 0) is 11.3 Å². The van der Waals surface area contributed by atoms with Crippen LogP contribution in [0.4, 0.5) is 17.2 Å². The number of nitrogens with zero attached hydrogens (tertiary/aromatic N) is 2. The molecule has 0 saturated carbocycles. The first-order chi connectivity index (χ1) is 10.0. The number of hydrogen-bond donors (Lipinski definition) is 2. The summed E-state index contributed by atoms with van der Waals surface area (Å²) in [7, 11) is 3.93. The topological polar surface area (TPSA) is 57.3 Å². The van der Waals surface area contributed by atoms with Crippen molar-refractivity contribution in [3.8, 4) is 0 Å². The number of hydrogen-bond acceptors (Lipinski definition) is 4. The summed E-state index contributed by atoms with van der Waals surface area (Å²) in [6.07, 6.45) is 1.82. The fourth-order valence-electron chi connectivity index (χ4n) is 1.87. The number of nitrogens with one attached hydrogen (secondary N) is 2. The largest absolute Gasteiger partial charge is 0.380 e. The number of benzene rings is 1. The number of anilines is 3. The molecular weight excluding hydrogens is 264 g/mol. The summed E-state index contributed by atoms with van der Waals surface area (Å²) in [6, 6.07) is 11.7. The molecule has 1 amide bonds. The van der Waals surface area contributed by atoms with Crippen molar-refractivity contribution in [1.82, 2.24) is 4.98 Å². The monoisotopic (exact) mass is 284 g/mol. The fourth-order valence-corrected chi connectivity index (χ4v) is 1.87. The summed E-state index contributed by atoms with van der Waals surface area (Å²) in [6.45, 7) is 2.21. The molecule has 0 aliphatic heterocycles. The predicted octanol–water partition coefficient (Wildman–Crippen LogP) is 2.72. The smallest absolute Gasteiger partial charge is 0.221 e. The normalized spacial score (nSPS) is 10.0. The first-order valence-corrected chi connectivity index (χ1v) is 6.78. The third kappa shape index (κ3) is 4.49. The van der Waals surface area contributed by atoms with Crippen molar-refractivity contribution >= 4 is 23.1 Å². The number of amides is 1. The van der Waals surface area contributed by atoms with Gasteiger partial charge >= 0.3 is 0 Å². The van der Waals surface area contributed by atoms with Gasteiger partial charge in [0.25, 0.3) is 0 Å². The van der Waals surface area contributed by atoms with Gasteiger partial charge in [-0.1, -0.05) is 12.1 Å². The van der Waals surface area contributed by atoms with Gasteiger partial charge in [-0.25, -0.2) is 4.98 Å². The quantitative estimate of drug-likeness (QED) is 0.886. The SMILES string of the molecule is CC(=O)Nc1ccc(CNc2ccc(N(C)C)nc2)cc1. The van der Waals surface area contributed by atoms with E-state index >= 15 is 0 Å². The minimum Gasteiger partial charge on any atom is -0.380 e. The van der Waals surface area contributed by atoms with Gasteiger partial charge in [-0.05, 0) is 29.8 Å². The minimum atomic E-state index is -0.0621. The van der Waals surface area contributed by atoms with E-state index in [-0.39, 0.29) is 5.91 Å². The molecule has 1 aromatic heterocycles. The van der Waals surface area contributed by atoms with Crippen molar-refractivity contribution < 1.29 is 4.79 Å². The Labute approximate surface area is 125 Å². The summed E-state index contributed by atoms with van der Waals surface area (Å²) < 4.78 is 0. The van der Waals surface area contributed by atoms with Crippen LogP contribution in [0.25, 0.3) is 0 Å². The maximum Gasteiger partial charge on any atom is 0.221 e. The summed E-state index contributed by atoms with van der Waals surface area (Å²) in [5.74, 6) is 0.869. The van der Waals surface area contributed by atoms with Gasteiger partial charge < -0.3 is 15.5 Å². The fraction of sp³-hybridized carbons (Fsp3) is 0.250. The molecule has 0 unspecified atom stereocenters. The van der Waals surface area contributed by atoms with Gasteiger partial charge in [-0.2, -0.15) is 0 Å². The zero-order chi connectivity index (χ0) is 15.2. The van der Waals surface area contributed by atoms with Crippen molar-refractivity contribution in [2.24, 2.45) is 0 Å². The minimum absolute atomic E-state index is 0.0621. The van der Waals surface area contributed by atoms with Gasteiger partial charge in [0.1, 0.15) is 5.82 Å². The Morgan fingerprint density at radius 1 is 1.10 bits per heavy atom. The van der Waals surface area contributed by atoms with Crippen molar-refractivity contribution in [2.75, 3.05) is 29.6 Å². The van der Waals surface area contributed by atoms with E-state index in [0.717, 1.165) is 22.8 Å². The summed E-state index contributed by atoms with van der Waals surface area (Å²) >= 11 is 0. The van der Waals surface area contributed by atoms with Gasteiger partial charge in [-0.3, -0.25) is 4.79 Å². The summed E-state index contributed by atoms with van der Waals surface area (Å²) in [5.41, 5.74) is 2.93. The maximum atomic E-state index is 11.0.